The lowest BCUT2D eigenvalue weighted by Crippen LogP contribution is -2.36. The van der Waals surface area contributed by atoms with E-state index in [1.807, 2.05) is 31.1 Å². The van der Waals surface area contributed by atoms with Crippen molar-refractivity contribution in [2.24, 2.45) is 0 Å². The Morgan fingerprint density at radius 3 is 2.50 bits per heavy atom. The van der Waals surface area contributed by atoms with Crippen LogP contribution in [0.3, 0.4) is 0 Å². The summed E-state index contributed by atoms with van der Waals surface area (Å²) in [5.74, 6) is 0. The average molecular weight is 369 g/mol. The molecule has 2 aromatic rings. The number of nitrogens with zero attached hydrogens (tertiary/aromatic N) is 4. The van der Waals surface area contributed by atoms with Crippen molar-refractivity contribution in [2.75, 3.05) is 27.2 Å². The summed E-state index contributed by atoms with van der Waals surface area (Å²) in [6, 6.07) is 7.00. The Bertz CT molecular complexity index is 782. The van der Waals surface area contributed by atoms with Gasteiger partial charge in [0.1, 0.15) is 10.0 Å². The minimum Gasteiger partial charge on any atom is -0.308 e. The standard InChI is InChI=1S/C16H21ClN4O2S/c1-13-10-15(11-19-16(13)17)24(22,23)21(9-8-20(2)3)12-14-6-4-5-7-18-14/h4-7,10-11H,8-9,12H2,1-3H3. The van der Waals surface area contributed by atoms with E-state index < -0.39 is 10.0 Å². The SMILES string of the molecule is Cc1cc(S(=O)(=O)N(CCN(C)C)Cc2ccccn2)cnc1Cl. The van der Waals surface area contributed by atoms with Gasteiger partial charge in [-0.05, 0) is 44.8 Å². The Morgan fingerprint density at radius 2 is 1.92 bits per heavy atom. The van der Waals surface area contributed by atoms with E-state index in [9.17, 15) is 8.42 Å². The Kier molecular flexibility index (Phi) is 6.28. The van der Waals surface area contributed by atoms with Gasteiger partial charge in [0, 0.05) is 25.5 Å². The third kappa shape index (κ3) is 4.73. The maximum absolute atomic E-state index is 13.0. The van der Waals surface area contributed by atoms with Crippen LogP contribution in [-0.2, 0) is 16.6 Å². The second-order valence-corrected chi connectivity index (χ2v) is 8.04. The van der Waals surface area contributed by atoms with Crippen molar-refractivity contribution in [2.45, 2.75) is 18.4 Å². The van der Waals surface area contributed by atoms with E-state index in [-0.39, 0.29) is 11.4 Å². The molecule has 0 unspecified atom stereocenters. The van der Waals surface area contributed by atoms with Gasteiger partial charge < -0.3 is 4.90 Å². The van der Waals surface area contributed by atoms with Gasteiger partial charge in [-0.2, -0.15) is 4.31 Å². The summed E-state index contributed by atoms with van der Waals surface area (Å²) in [7, 11) is 0.116. The summed E-state index contributed by atoms with van der Waals surface area (Å²) >= 11 is 5.91. The summed E-state index contributed by atoms with van der Waals surface area (Å²) in [5, 5.41) is 0.304. The molecule has 2 rings (SSSR count). The largest absolute Gasteiger partial charge is 0.308 e. The second kappa shape index (κ2) is 8.02. The monoisotopic (exact) mass is 368 g/mol. The van der Waals surface area contributed by atoms with Gasteiger partial charge in [0.15, 0.2) is 0 Å². The fourth-order valence-electron chi connectivity index (χ4n) is 2.09. The predicted molar refractivity (Wildman–Crippen MR) is 94.4 cm³/mol. The molecule has 0 aliphatic rings. The minimum atomic E-state index is -3.69. The van der Waals surface area contributed by atoms with Crippen LogP contribution in [-0.4, -0.2) is 54.8 Å². The summed E-state index contributed by atoms with van der Waals surface area (Å²) in [6.45, 7) is 2.90. The van der Waals surface area contributed by atoms with E-state index in [1.54, 1.807) is 25.3 Å². The fourth-order valence-corrected chi connectivity index (χ4v) is 3.63. The van der Waals surface area contributed by atoms with Crippen molar-refractivity contribution in [3.8, 4) is 0 Å². The molecule has 0 amide bonds. The number of rotatable bonds is 7. The van der Waals surface area contributed by atoms with Crippen LogP contribution in [0.15, 0.2) is 41.6 Å². The van der Waals surface area contributed by atoms with E-state index in [4.69, 9.17) is 11.6 Å². The summed E-state index contributed by atoms with van der Waals surface area (Å²) < 4.78 is 27.4. The molecule has 0 bridgehead atoms. The van der Waals surface area contributed by atoms with Crippen molar-refractivity contribution in [3.05, 3.63) is 53.1 Å². The molecule has 24 heavy (non-hydrogen) atoms. The number of aryl methyl sites for hydroxylation is 1. The van der Waals surface area contributed by atoms with Gasteiger partial charge in [0.25, 0.3) is 0 Å². The number of hydrogen-bond acceptors (Lipinski definition) is 5. The molecule has 0 radical (unpaired) electrons. The topological polar surface area (TPSA) is 66.4 Å². The first-order valence-corrected chi connectivity index (χ1v) is 9.29. The molecule has 0 saturated heterocycles. The predicted octanol–water partition coefficient (Wildman–Crippen LogP) is 2.19. The van der Waals surface area contributed by atoms with E-state index in [0.717, 1.165) is 0 Å². The van der Waals surface area contributed by atoms with Crippen LogP contribution < -0.4 is 0 Å². The number of hydrogen-bond donors (Lipinski definition) is 0. The molecule has 130 valence electrons. The average Bonchev–Trinajstić information content (AvgIpc) is 2.54. The highest BCUT2D eigenvalue weighted by atomic mass is 35.5. The smallest absolute Gasteiger partial charge is 0.245 e. The van der Waals surface area contributed by atoms with Gasteiger partial charge in [0.2, 0.25) is 10.0 Å². The molecular weight excluding hydrogens is 348 g/mol. The van der Waals surface area contributed by atoms with Gasteiger partial charge in [0.05, 0.1) is 12.2 Å². The third-order valence-electron chi connectivity index (χ3n) is 3.49. The van der Waals surface area contributed by atoms with Crippen LogP contribution in [0.4, 0.5) is 0 Å². The molecule has 0 aromatic carbocycles. The third-order valence-corrected chi connectivity index (χ3v) is 5.69. The van der Waals surface area contributed by atoms with Gasteiger partial charge in [-0.3, -0.25) is 4.98 Å². The lowest BCUT2D eigenvalue weighted by atomic mass is 10.3. The first-order chi connectivity index (χ1) is 11.3. The summed E-state index contributed by atoms with van der Waals surface area (Å²) in [5.41, 5.74) is 1.32. The van der Waals surface area contributed by atoms with E-state index in [2.05, 4.69) is 9.97 Å². The zero-order valence-electron chi connectivity index (χ0n) is 14.0. The van der Waals surface area contributed by atoms with Gasteiger partial charge in [-0.25, -0.2) is 13.4 Å². The van der Waals surface area contributed by atoms with E-state index in [0.29, 0.717) is 29.5 Å². The number of likely N-dealkylation sites (N-methyl/N-ethyl adjacent to an activating group) is 1. The molecule has 6 nitrogen and oxygen atoms in total. The lowest BCUT2D eigenvalue weighted by Gasteiger charge is -2.23. The zero-order chi connectivity index (χ0) is 17.7. The molecule has 0 saturated carbocycles. The van der Waals surface area contributed by atoms with Crippen LogP contribution in [0.1, 0.15) is 11.3 Å². The molecule has 8 heteroatoms. The highest BCUT2D eigenvalue weighted by Crippen LogP contribution is 2.21. The Balaban J connectivity index is 2.34. The van der Waals surface area contributed by atoms with Crippen molar-refractivity contribution >= 4 is 21.6 Å². The minimum absolute atomic E-state index is 0.138. The van der Waals surface area contributed by atoms with Crippen LogP contribution in [0, 0.1) is 6.92 Å². The molecule has 0 N–H and O–H groups in total. The van der Waals surface area contributed by atoms with Crippen molar-refractivity contribution < 1.29 is 8.42 Å². The van der Waals surface area contributed by atoms with Crippen molar-refractivity contribution in [3.63, 3.8) is 0 Å². The van der Waals surface area contributed by atoms with Crippen LogP contribution >= 0.6 is 11.6 Å². The maximum Gasteiger partial charge on any atom is 0.245 e. The first kappa shape index (κ1) is 18.8. The molecule has 2 aromatic heterocycles. The number of pyridine rings is 2. The zero-order valence-corrected chi connectivity index (χ0v) is 15.5. The highest BCUT2D eigenvalue weighted by Gasteiger charge is 2.26. The van der Waals surface area contributed by atoms with Crippen molar-refractivity contribution in [1.29, 1.82) is 0 Å². The Labute approximate surface area is 148 Å². The van der Waals surface area contributed by atoms with E-state index >= 15 is 0 Å². The van der Waals surface area contributed by atoms with Gasteiger partial charge in [-0.1, -0.05) is 17.7 Å². The molecule has 0 aliphatic carbocycles. The normalized spacial score (nSPS) is 12.1. The van der Waals surface area contributed by atoms with Gasteiger partial charge >= 0.3 is 0 Å². The summed E-state index contributed by atoms with van der Waals surface area (Å²) in [4.78, 5) is 10.3. The van der Waals surface area contributed by atoms with Crippen molar-refractivity contribution in [1.82, 2.24) is 19.2 Å². The van der Waals surface area contributed by atoms with E-state index in [1.165, 1.54) is 10.5 Å². The summed E-state index contributed by atoms with van der Waals surface area (Å²) in [6.07, 6.45) is 2.95. The number of halogens is 1. The van der Waals surface area contributed by atoms with Crippen LogP contribution in [0.25, 0.3) is 0 Å². The fraction of sp³-hybridized carbons (Fsp3) is 0.375. The Hall–Kier alpha value is -1.54. The Morgan fingerprint density at radius 1 is 1.17 bits per heavy atom. The first-order valence-electron chi connectivity index (χ1n) is 7.47. The number of aromatic nitrogens is 2. The molecule has 0 spiro atoms. The lowest BCUT2D eigenvalue weighted by molar-refractivity contribution is 0.327. The molecule has 2 heterocycles. The van der Waals surface area contributed by atoms with Crippen LogP contribution in [0.2, 0.25) is 5.15 Å². The van der Waals surface area contributed by atoms with Crippen LogP contribution in [0.5, 0.6) is 0 Å². The second-order valence-electron chi connectivity index (χ2n) is 5.74. The molecule has 0 fully saturated rings. The molecule has 0 aliphatic heterocycles. The highest BCUT2D eigenvalue weighted by molar-refractivity contribution is 7.89. The quantitative estimate of drug-likeness (QED) is 0.701. The number of sulfonamides is 1. The molecular formula is C16H21ClN4O2S. The van der Waals surface area contributed by atoms with Gasteiger partial charge in [-0.15, -0.1) is 0 Å². The maximum atomic E-state index is 13.0. The molecule has 0 atom stereocenters.